The number of fused-ring (bicyclic) bond motifs is 2. The Morgan fingerprint density at radius 3 is 2.56 bits per heavy atom. The fourth-order valence-electron chi connectivity index (χ4n) is 3.73. The van der Waals surface area contributed by atoms with E-state index in [0.29, 0.717) is 45.6 Å². The van der Waals surface area contributed by atoms with Crippen molar-refractivity contribution in [1.82, 2.24) is 15.0 Å². The molecule has 8 nitrogen and oxygen atoms in total. The highest BCUT2D eigenvalue weighted by molar-refractivity contribution is 5.93. The van der Waals surface area contributed by atoms with Crippen molar-refractivity contribution >= 4 is 28.4 Å². The van der Waals surface area contributed by atoms with Crippen molar-refractivity contribution in [1.29, 1.82) is 0 Å². The van der Waals surface area contributed by atoms with E-state index < -0.39 is 29.9 Å². The van der Waals surface area contributed by atoms with Crippen molar-refractivity contribution < 1.29 is 27.4 Å². The van der Waals surface area contributed by atoms with Crippen LogP contribution >= 0.6 is 0 Å². The summed E-state index contributed by atoms with van der Waals surface area (Å²) in [4.78, 5) is 25.1. The minimum atomic E-state index is -4.51. The molecule has 34 heavy (non-hydrogen) atoms. The standard InChI is InChI=1S/C23H24F3N5O3/c1-21(2)8-16-12(20(32)34-21)5-6-17(30-16)31-18-7-13-14(9-28-18)19(33-11-23(24,25)26)29-10-15(13)22(3,4)27/h5-7,9-10H,8,11,27H2,1-4H3,(H,28,30,31). The molecular weight excluding hydrogens is 451 g/mol. The number of ether oxygens (including phenoxy) is 2. The van der Waals surface area contributed by atoms with Gasteiger partial charge in [0.15, 0.2) is 6.61 Å². The van der Waals surface area contributed by atoms with Crippen LogP contribution in [0.15, 0.2) is 30.6 Å². The normalized spacial score (nSPS) is 15.6. The maximum Gasteiger partial charge on any atom is 0.422 e. The lowest BCUT2D eigenvalue weighted by molar-refractivity contribution is -0.153. The van der Waals surface area contributed by atoms with Crippen LogP contribution in [0.5, 0.6) is 5.88 Å². The monoisotopic (exact) mass is 475 g/mol. The summed E-state index contributed by atoms with van der Waals surface area (Å²) in [5.41, 5.74) is 6.39. The van der Waals surface area contributed by atoms with E-state index in [9.17, 15) is 18.0 Å². The van der Waals surface area contributed by atoms with Crippen molar-refractivity contribution in [3.05, 3.63) is 47.4 Å². The minimum Gasteiger partial charge on any atom is -0.468 e. The molecule has 3 aromatic rings. The number of carbonyl (C=O) groups is 1. The molecule has 0 fully saturated rings. The molecule has 1 aliphatic rings. The van der Waals surface area contributed by atoms with Crippen LogP contribution in [0, 0.1) is 0 Å². The molecule has 0 bridgehead atoms. The fraction of sp³-hybridized carbons (Fsp3) is 0.391. The largest absolute Gasteiger partial charge is 0.468 e. The van der Waals surface area contributed by atoms with Crippen molar-refractivity contribution in [2.45, 2.75) is 51.4 Å². The molecule has 0 aliphatic carbocycles. The quantitative estimate of drug-likeness (QED) is 0.523. The summed E-state index contributed by atoms with van der Waals surface area (Å²) in [5.74, 6) is 0.221. The van der Waals surface area contributed by atoms with Crippen molar-refractivity contribution in [3.63, 3.8) is 0 Å². The van der Waals surface area contributed by atoms with Crippen LogP contribution in [0.25, 0.3) is 10.8 Å². The smallest absolute Gasteiger partial charge is 0.422 e. The highest BCUT2D eigenvalue weighted by Crippen LogP contribution is 2.34. The van der Waals surface area contributed by atoms with Crippen molar-refractivity contribution in [2.24, 2.45) is 5.73 Å². The van der Waals surface area contributed by atoms with E-state index in [1.54, 1.807) is 32.0 Å². The van der Waals surface area contributed by atoms with E-state index in [2.05, 4.69) is 20.3 Å². The van der Waals surface area contributed by atoms with Gasteiger partial charge in [0.1, 0.15) is 17.2 Å². The third-order valence-electron chi connectivity index (χ3n) is 5.21. The number of hydrogen-bond donors (Lipinski definition) is 2. The summed E-state index contributed by atoms with van der Waals surface area (Å²) in [6.07, 6.45) is -1.27. The zero-order valence-corrected chi connectivity index (χ0v) is 19.1. The number of aromatic nitrogens is 3. The number of alkyl halides is 3. The average Bonchev–Trinajstić information content (AvgIpc) is 2.69. The molecule has 0 atom stereocenters. The summed E-state index contributed by atoms with van der Waals surface area (Å²) in [6.45, 7) is 5.67. The SMILES string of the molecule is CC1(C)Cc2nc(Nc3cc4c(C(C)(C)N)cnc(OCC(F)(F)F)c4cn3)ccc2C(=O)O1. The number of nitrogens with two attached hydrogens (primary N) is 1. The van der Waals surface area contributed by atoms with Crippen molar-refractivity contribution in [3.8, 4) is 5.88 Å². The Morgan fingerprint density at radius 2 is 1.88 bits per heavy atom. The highest BCUT2D eigenvalue weighted by atomic mass is 19.4. The van der Waals surface area contributed by atoms with E-state index >= 15 is 0 Å². The number of carbonyl (C=O) groups excluding carboxylic acids is 1. The molecular formula is C23H24F3N5O3. The molecule has 4 rings (SSSR count). The number of pyridine rings is 3. The number of cyclic esters (lactones) is 1. The van der Waals surface area contributed by atoms with Gasteiger partial charge in [-0.15, -0.1) is 0 Å². The van der Waals surface area contributed by atoms with Crippen LogP contribution < -0.4 is 15.8 Å². The van der Waals surface area contributed by atoms with E-state index in [-0.39, 0.29) is 5.88 Å². The molecule has 3 aromatic heterocycles. The minimum absolute atomic E-state index is 0.188. The number of halogens is 3. The molecule has 180 valence electrons. The summed E-state index contributed by atoms with van der Waals surface area (Å²) in [6, 6.07) is 4.91. The molecule has 11 heteroatoms. The zero-order chi connectivity index (χ0) is 24.9. The van der Waals surface area contributed by atoms with Crippen LogP contribution in [0.2, 0.25) is 0 Å². The zero-order valence-electron chi connectivity index (χ0n) is 19.1. The van der Waals surface area contributed by atoms with Crippen LogP contribution in [-0.2, 0) is 16.7 Å². The second kappa shape index (κ2) is 8.08. The summed E-state index contributed by atoms with van der Waals surface area (Å²) >= 11 is 0. The van der Waals surface area contributed by atoms with Gasteiger partial charge in [-0.05, 0) is 56.8 Å². The lowest BCUT2D eigenvalue weighted by Crippen LogP contribution is -2.36. The number of nitrogens with zero attached hydrogens (tertiary/aromatic N) is 3. The predicted molar refractivity (Wildman–Crippen MR) is 119 cm³/mol. The summed E-state index contributed by atoms with van der Waals surface area (Å²) < 4.78 is 48.3. The van der Waals surface area contributed by atoms with Crippen molar-refractivity contribution in [2.75, 3.05) is 11.9 Å². The highest BCUT2D eigenvalue weighted by Gasteiger charge is 2.33. The Balaban J connectivity index is 1.71. The molecule has 0 amide bonds. The van der Waals surface area contributed by atoms with Gasteiger partial charge >= 0.3 is 12.1 Å². The van der Waals surface area contributed by atoms with Gasteiger partial charge in [0, 0.05) is 24.4 Å². The van der Waals surface area contributed by atoms with Gasteiger partial charge in [-0.25, -0.2) is 19.7 Å². The first-order valence-electron chi connectivity index (χ1n) is 10.5. The van der Waals surface area contributed by atoms with E-state index in [0.717, 1.165) is 0 Å². The van der Waals surface area contributed by atoms with Gasteiger partial charge in [0.25, 0.3) is 0 Å². The topological polar surface area (TPSA) is 112 Å². The van der Waals surface area contributed by atoms with Crippen LogP contribution in [-0.4, -0.2) is 39.3 Å². The molecule has 4 heterocycles. The fourth-order valence-corrected chi connectivity index (χ4v) is 3.73. The lowest BCUT2D eigenvalue weighted by Gasteiger charge is -2.30. The first kappa shape index (κ1) is 23.7. The summed E-state index contributed by atoms with van der Waals surface area (Å²) in [5, 5.41) is 3.93. The molecule has 0 saturated heterocycles. The first-order valence-corrected chi connectivity index (χ1v) is 10.5. The third kappa shape index (κ3) is 5.04. The molecule has 3 N–H and O–H groups in total. The number of esters is 1. The maximum atomic E-state index is 12.7. The molecule has 0 spiro atoms. The molecule has 0 saturated carbocycles. The Labute approximate surface area is 193 Å². The number of anilines is 2. The van der Waals surface area contributed by atoms with Crippen LogP contribution in [0.3, 0.4) is 0 Å². The van der Waals surface area contributed by atoms with E-state index in [1.165, 1.54) is 12.4 Å². The Kier molecular flexibility index (Phi) is 5.63. The van der Waals surface area contributed by atoms with Gasteiger partial charge in [0.05, 0.1) is 16.6 Å². The molecule has 1 aliphatic heterocycles. The van der Waals surface area contributed by atoms with Gasteiger partial charge < -0.3 is 20.5 Å². The van der Waals surface area contributed by atoms with Gasteiger partial charge in [-0.3, -0.25) is 0 Å². The van der Waals surface area contributed by atoms with E-state index in [4.69, 9.17) is 15.2 Å². The predicted octanol–water partition coefficient (Wildman–Crippen LogP) is 4.39. The third-order valence-corrected chi connectivity index (χ3v) is 5.21. The maximum absolute atomic E-state index is 12.7. The Morgan fingerprint density at radius 1 is 1.15 bits per heavy atom. The second-order valence-corrected chi connectivity index (χ2v) is 9.36. The van der Waals surface area contributed by atoms with Gasteiger partial charge in [-0.2, -0.15) is 13.2 Å². The number of nitrogens with one attached hydrogen (secondary N) is 1. The van der Waals surface area contributed by atoms with E-state index in [1.807, 2.05) is 13.8 Å². The lowest BCUT2D eigenvalue weighted by atomic mass is 9.93. The van der Waals surface area contributed by atoms with Crippen LogP contribution in [0.1, 0.15) is 49.3 Å². The number of hydrogen-bond acceptors (Lipinski definition) is 8. The first-order chi connectivity index (χ1) is 15.7. The average molecular weight is 475 g/mol. The van der Waals surface area contributed by atoms with Crippen LogP contribution in [0.4, 0.5) is 24.8 Å². The van der Waals surface area contributed by atoms with Gasteiger partial charge in [-0.1, -0.05) is 0 Å². The Hall–Kier alpha value is -3.47. The summed E-state index contributed by atoms with van der Waals surface area (Å²) in [7, 11) is 0. The number of rotatable bonds is 5. The van der Waals surface area contributed by atoms with Gasteiger partial charge in [0.2, 0.25) is 5.88 Å². The molecule has 0 unspecified atom stereocenters. The second-order valence-electron chi connectivity index (χ2n) is 9.36. The Bertz CT molecular complexity index is 1270. The molecule has 0 aromatic carbocycles. The molecule has 0 radical (unpaired) electrons.